The summed E-state index contributed by atoms with van der Waals surface area (Å²) in [5.74, 6) is -0.179. The van der Waals surface area contributed by atoms with Crippen LogP contribution < -0.4 is 10.5 Å². The molecule has 1 fully saturated rings. The van der Waals surface area contributed by atoms with Crippen molar-refractivity contribution >= 4 is 0 Å². The van der Waals surface area contributed by atoms with Gasteiger partial charge in [-0.15, -0.1) is 0 Å². The van der Waals surface area contributed by atoms with Gasteiger partial charge in [0.15, 0.2) is 0 Å². The Bertz CT molecular complexity index is 450. The average molecular weight is 275 g/mol. The van der Waals surface area contributed by atoms with E-state index >= 15 is 0 Å². The van der Waals surface area contributed by atoms with Crippen molar-refractivity contribution in [2.45, 2.75) is 37.1 Å². The lowest BCUT2D eigenvalue weighted by molar-refractivity contribution is -0.139. The molecule has 0 radical (unpaired) electrons. The standard InChI is InChI=1S/C13H16F3NO2/c14-13(15,16)10-3-1-2-4-11(10)19-9-5-6-12(17,7-9)8-18/h1-4,9,18H,5-8,17H2. The molecule has 0 spiro atoms. The summed E-state index contributed by atoms with van der Waals surface area (Å²) < 4.78 is 43.8. The number of aliphatic hydroxyl groups excluding tert-OH is 1. The number of hydrogen-bond donors (Lipinski definition) is 2. The van der Waals surface area contributed by atoms with E-state index in [2.05, 4.69) is 0 Å². The number of aliphatic hydroxyl groups is 1. The minimum atomic E-state index is -4.44. The van der Waals surface area contributed by atoms with Crippen LogP contribution in [0.5, 0.6) is 5.75 Å². The predicted molar refractivity (Wildman–Crippen MR) is 63.7 cm³/mol. The maximum Gasteiger partial charge on any atom is 0.419 e. The van der Waals surface area contributed by atoms with Gasteiger partial charge in [0.25, 0.3) is 0 Å². The second-order valence-corrected chi connectivity index (χ2v) is 5.00. The van der Waals surface area contributed by atoms with Crippen LogP contribution >= 0.6 is 0 Å². The Kier molecular flexibility index (Phi) is 3.73. The normalized spacial score (nSPS) is 27.5. The van der Waals surface area contributed by atoms with Gasteiger partial charge in [-0.25, -0.2) is 0 Å². The van der Waals surface area contributed by atoms with Crippen molar-refractivity contribution in [2.75, 3.05) is 6.61 Å². The zero-order valence-corrected chi connectivity index (χ0v) is 10.3. The SMILES string of the molecule is NC1(CO)CCC(Oc2ccccc2C(F)(F)F)C1. The van der Waals surface area contributed by atoms with E-state index in [1.165, 1.54) is 18.2 Å². The van der Waals surface area contributed by atoms with Gasteiger partial charge in [-0.3, -0.25) is 0 Å². The molecule has 2 unspecified atom stereocenters. The van der Waals surface area contributed by atoms with Crippen LogP contribution in [0.1, 0.15) is 24.8 Å². The highest BCUT2D eigenvalue weighted by Gasteiger charge is 2.39. The summed E-state index contributed by atoms with van der Waals surface area (Å²) in [6.45, 7) is -0.187. The molecule has 0 bridgehead atoms. The molecule has 1 aliphatic carbocycles. The van der Waals surface area contributed by atoms with E-state index in [1.54, 1.807) is 0 Å². The Labute approximate surface area is 109 Å². The topological polar surface area (TPSA) is 55.5 Å². The monoisotopic (exact) mass is 275 g/mol. The van der Waals surface area contributed by atoms with Gasteiger partial charge in [0.2, 0.25) is 0 Å². The Morgan fingerprint density at radius 2 is 2.05 bits per heavy atom. The third-order valence-electron chi connectivity index (χ3n) is 3.40. The number of hydrogen-bond acceptors (Lipinski definition) is 3. The smallest absolute Gasteiger partial charge is 0.419 e. The third kappa shape index (κ3) is 3.19. The van der Waals surface area contributed by atoms with Gasteiger partial charge in [0.1, 0.15) is 11.9 Å². The first kappa shape index (κ1) is 14.1. The van der Waals surface area contributed by atoms with Crippen LogP contribution in [0.15, 0.2) is 24.3 Å². The lowest BCUT2D eigenvalue weighted by atomic mass is 10.0. The quantitative estimate of drug-likeness (QED) is 0.890. The number of rotatable bonds is 3. The minimum absolute atomic E-state index is 0.179. The van der Waals surface area contributed by atoms with Crippen LogP contribution in [0, 0.1) is 0 Å². The van der Waals surface area contributed by atoms with Crippen molar-refractivity contribution in [3.05, 3.63) is 29.8 Å². The Hall–Kier alpha value is -1.27. The van der Waals surface area contributed by atoms with Gasteiger partial charge in [0, 0.05) is 12.0 Å². The number of nitrogens with two attached hydrogens (primary N) is 1. The third-order valence-corrected chi connectivity index (χ3v) is 3.40. The summed E-state index contributed by atoms with van der Waals surface area (Å²) in [7, 11) is 0. The number of para-hydroxylation sites is 1. The summed E-state index contributed by atoms with van der Waals surface area (Å²) in [6, 6.07) is 5.12. The summed E-state index contributed by atoms with van der Waals surface area (Å²) in [5, 5.41) is 9.13. The molecule has 2 rings (SSSR count). The van der Waals surface area contributed by atoms with Crippen molar-refractivity contribution in [2.24, 2.45) is 5.73 Å². The first-order valence-corrected chi connectivity index (χ1v) is 6.07. The lowest BCUT2D eigenvalue weighted by Gasteiger charge is -2.22. The molecule has 3 nitrogen and oxygen atoms in total. The largest absolute Gasteiger partial charge is 0.490 e. The molecule has 106 valence electrons. The molecule has 1 saturated carbocycles. The van der Waals surface area contributed by atoms with Gasteiger partial charge in [-0.05, 0) is 25.0 Å². The second kappa shape index (κ2) is 5.02. The molecule has 19 heavy (non-hydrogen) atoms. The molecule has 3 N–H and O–H groups in total. The van der Waals surface area contributed by atoms with Gasteiger partial charge >= 0.3 is 6.18 Å². The van der Waals surface area contributed by atoms with Crippen LogP contribution in [0.25, 0.3) is 0 Å². The molecule has 0 saturated heterocycles. The number of halogens is 3. The van der Waals surface area contributed by atoms with E-state index in [9.17, 15) is 13.2 Å². The van der Waals surface area contributed by atoms with E-state index in [-0.39, 0.29) is 18.5 Å². The maximum absolute atomic E-state index is 12.8. The Morgan fingerprint density at radius 3 is 2.63 bits per heavy atom. The molecule has 1 aromatic rings. The maximum atomic E-state index is 12.8. The highest BCUT2D eigenvalue weighted by molar-refractivity contribution is 5.35. The summed E-state index contributed by atoms with van der Waals surface area (Å²) in [4.78, 5) is 0. The van der Waals surface area contributed by atoms with Crippen molar-refractivity contribution in [3.8, 4) is 5.75 Å². The zero-order chi connectivity index (χ0) is 14.1. The van der Waals surface area contributed by atoms with Crippen molar-refractivity contribution in [3.63, 3.8) is 0 Å². The predicted octanol–water partition coefficient (Wildman–Crippen LogP) is 2.33. The van der Waals surface area contributed by atoms with E-state index < -0.39 is 17.3 Å². The number of ether oxygens (including phenoxy) is 1. The molecule has 0 heterocycles. The average Bonchev–Trinajstić information content (AvgIpc) is 2.71. The summed E-state index contributed by atoms with van der Waals surface area (Å²) in [6.07, 6.45) is -3.38. The van der Waals surface area contributed by atoms with Gasteiger partial charge in [0.05, 0.1) is 12.2 Å². The second-order valence-electron chi connectivity index (χ2n) is 5.00. The fourth-order valence-corrected chi connectivity index (χ4v) is 2.33. The van der Waals surface area contributed by atoms with Crippen LogP contribution in [0.4, 0.5) is 13.2 Å². The van der Waals surface area contributed by atoms with Crippen LogP contribution in [0.2, 0.25) is 0 Å². The van der Waals surface area contributed by atoms with E-state index in [4.69, 9.17) is 15.6 Å². The molecule has 0 aliphatic heterocycles. The number of benzene rings is 1. The first-order chi connectivity index (χ1) is 8.84. The Balaban J connectivity index is 2.13. The fourth-order valence-electron chi connectivity index (χ4n) is 2.33. The summed E-state index contributed by atoms with van der Waals surface area (Å²) in [5.41, 5.74) is 4.35. The van der Waals surface area contributed by atoms with Crippen LogP contribution in [-0.4, -0.2) is 23.4 Å². The van der Waals surface area contributed by atoms with Gasteiger partial charge < -0.3 is 15.6 Å². The van der Waals surface area contributed by atoms with Crippen LogP contribution in [0.3, 0.4) is 0 Å². The Morgan fingerprint density at radius 1 is 1.37 bits per heavy atom. The van der Waals surface area contributed by atoms with Crippen molar-refractivity contribution in [1.82, 2.24) is 0 Å². The molecular formula is C13H16F3NO2. The zero-order valence-electron chi connectivity index (χ0n) is 10.3. The van der Waals surface area contributed by atoms with E-state index in [0.29, 0.717) is 19.3 Å². The molecule has 0 amide bonds. The van der Waals surface area contributed by atoms with Gasteiger partial charge in [-0.1, -0.05) is 12.1 Å². The lowest BCUT2D eigenvalue weighted by Crippen LogP contribution is -2.41. The molecule has 1 aromatic carbocycles. The molecule has 0 aromatic heterocycles. The molecule has 6 heteroatoms. The first-order valence-electron chi connectivity index (χ1n) is 6.07. The van der Waals surface area contributed by atoms with Crippen LogP contribution in [-0.2, 0) is 6.18 Å². The highest BCUT2D eigenvalue weighted by Crippen LogP contribution is 2.38. The number of alkyl halides is 3. The summed E-state index contributed by atoms with van der Waals surface area (Å²) >= 11 is 0. The van der Waals surface area contributed by atoms with Crippen molar-refractivity contribution < 1.29 is 23.0 Å². The minimum Gasteiger partial charge on any atom is -0.490 e. The fraction of sp³-hybridized carbons (Fsp3) is 0.538. The molecule has 2 atom stereocenters. The van der Waals surface area contributed by atoms with Gasteiger partial charge in [-0.2, -0.15) is 13.2 Å². The van der Waals surface area contributed by atoms with E-state index in [0.717, 1.165) is 6.07 Å². The highest BCUT2D eigenvalue weighted by atomic mass is 19.4. The molecular weight excluding hydrogens is 259 g/mol. The van der Waals surface area contributed by atoms with Crippen molar-refractivity contribution in [1.29, 1.82) is 0 Å². The molecule has 1 aliphatic rings. The van der Waals surface area contributed by atoms with E-state index in [1.807, 2.05) is 0 Å².